The van der Waals surface area contributed by atoms with Crippen LogP contribution in [-0.2, 0) is 0 Å². The maximum Gasteiger partial charge on any atom is 0.178 e. The average molecular weight is 278 g/mol. The molecule has 1 aliphatic carbocycles. The summed E-state index contributed by atoms with van der Waals surface area (Å²) < 4.78 is 16.6. The lowest BCUT2D eigenvalue weighted by atomic mass is 9.87. The molecule has 19 heavy (non-hydrogen) atoms. The number of hydrogen-bond acceptors (Lipinski definition) is 1. The average Bonchev–Trinajstić information content (AvgIpc) is 2.65. The molecular weight excluding hydrogens is 259 g/mol. The van der Waals surface area contributed by atoms with Gasteiger partial charge in [-0.2, -0.15) is 0 Å². The Balaban J connectivity index is 2.14. The first kappa shape index (κ1) is 12.9. The fourth-order valence-electron chi connectivity index (χ4n) is 3.25. The van der Waals surface area contributed by atoms with Crippen LogP contribution < -0.4 is 0 Å². The molecule has 0 saturated heterocycles. The molecule has 0 bridgehead atoms. The van der Waals surface area contributed by atoms with Gasteiger partial charge in [-0.05, 0) is 55.6 Å². The number of fused-ring (bicyclic) bond motifs is 1. The second kappa shape index (κ2) is 4.75. The van der Waals surface area contributed by atoms with Gasteiger partial charge in [-0.1, -0.05) is 19.8 Å². The van der Waals surface area contributed by atoms with Crippen LogP contribution in [0.2, 0.25) is 0 Å². The van der Waals surface area contributed by atoms with E-state index in [2.05, 4.69) is 16.5 Å². The summed E-state index contributed by atoms with van der Waals surface area (Å²) >= 11 is 5.44. The van der Waals surface area contributed by atoms with Gasteiger partial charge in [0, 0.05) is 6.04 Å². The highest BCUT2D eigenvalue weighted by Gasteiger charge is 2.22. The molecule has 4 heteroatoms. The Bertz CT molecular complexity index is 671. The number of aromatic nitrogens is 2. The SMILES string of the molecule is Cc1cc2c(cc1F)[nH]c(=S)n2C1CCCC(C)C1. The Hall–Kier alpha value is -1.16. The van der Waals surface area contributed by atoms with E-state index in [4.69, 9.17) is 12.2 Å². The van der Waals surface area contributed by atoms with Gasteiger partial charge in [-0.3, -0.25) is 0 Å². The van der Waals surface area contributed by atoms with Crippen molar-refractivity contribution in [1.29, 1.82) is 0 Å². The zero-order chi connectivity index (χ0) is 13.6. The summed E-state index contributed by atoms with van der Waals surface area (Å²) in [6, 6.07) is 3.93. The summed E-state index contributed by atoms with van der Waals surface area (Å²) in [7, 11) is 0. The van der Waals surface area contributed by atoms with Crippen LogP contribution in [0.5, 0.6) is 0 Å². The first-order valence-electron chi connectivity index (χ1n) is 6.96. The highest BCUT2D eigenvalue weighted by atomic mass is 32.1. The summed E-state index contributed by atoms with van der Waals surface area (Å²) in [5.74, 6) is 0.569. The molecule has 0 aliphatic heterocycles. The number of hydrogen-bond donors (Lipinski definition) is 1. The lowest BCUT2D eigenvalue weighted by molar-refractivity contribution is 0.285. The molecule has 3 rings (SSSR count). The summed E-state index contributed by atoms with van der Waals surface area (Å²) in [6.07, 6.45) is 4.89. The fraction of sp³-hybridized carbons (Fsp3) is 0.533. The second-order valence-electron chi connectivity index (χ2n) is 5.84. The van der Waals surface area contributed by atoms with E-state index in [1.807, 2.05) is 6.07 Å². The molecule has 2 nitrogen and oxygen atoms in total. The molecule has 0 radical (unpaired) electrons. The van der Waals surface area contributed by atoms with Crippen LogP contribution in [0, 0.1) is 23.4 Å². The second-order valence-corrected chi connectivity index (χ2v) is 6.23. The van der Waals surface area contributed by atoms with E-state index in [9.17, 15) is 4.39 Å². The van der Waals surface area contributed by atoms with Crippen molar-refractivity contribution >= 4 is 23.3 Å². The third-order valence-corrected chi connectivity index (χ3v) is 4.57. The van der Waals surface area contributed by atoms with Crippen LogP contribution in [0.15, 0.2) is 12.1 Å². The molecule has 102 valence electrons. The van der Waals surface area contributed by atoms with Crippen LogP contribution >= 0.6 is 12.2 Å². The van der Waals surface area contributed by atoms with Crippen molar-refractivity contribution in [2.45, 2.75) is 45.6 Å². The minimum absolute atomic E-state index is 0.173. The minimum Gasteiger partial charge on any atom is -0.330 e. The van der Waals surface area contributed by atoms with E-state index in [0.29, 0.717) is 11.6 Å². The number of imidazole rings is 1. The Labute approximate surface area is 117 Å². The van der Waals surface area contributed by atoms with Gasteiger partial charge in [0.15, 0.2) is 4.77 Å². The van der Waals surface area contributed by atoms with Crippen LogP contribution in [0.1, 0.15) is 44.2 Å². The maximum atomic E-state index is 13.6. The van der Waals surface area contributed by atoms with Crippen molar-refractivity contribution in [3.8, 4) is 0 Å². The van der Waals surface area contributed by atoms with Gasteiger partial charge in [0.2, 0.25) is 0 Å². The number of rotatable bonds is 1. The van der Waals surface area contributed by atoms with Crippen LogP contribution in [0.25, 0.3) is 11.0 Å². The highest BCUT2D eigenvalue weighted by molar-refractivity contribution is 7.71. The standard InChI is InChI=1S/C15H19FN2S/c1-9-4-3-5-11(6-9)18-14-7-10(2)12(16)8-13(14)17-15(18)19/h7-9,11H,3-6H2,1-2H3,(H,17,19). The lowest BCUT2D eigenvalue weighted by Crippen LogP contribution is -2.17. The Kier molecular flexibility index (Phi) is 3.21. The third kappa shape index (κ3) is 2.22. The first-order valence-corrected chi connectivity index (χ1v) is 7.37. The summed E-state index contributed by atoms with van der Waals surface area (Å²) in [5.41, 5.74) is 2.54. The Morgan fingerprint density at radius 1 is 1.37 bits per heavy atom. The zero-order valence-corrected chi connectivity index (χ0v) is 12.2. The smallest absolute Gasteiger partial charge is 0.178 e. The minimum atomic E-state index is -0.173. The Morgan fingerprint density at radius 3 is 2.89 bits per heavy atom. The molecule has 2 atom stereocenters. The van der Waals surface area contributed by atoms with Gasteiger partial charge >= 0.3 is 0 Å². The van der Waals surface area contributed by atoms with Crippen LogP contribution in [0.4, 0.5) is 4.39 Å². The monoisotopic (exact) mass is 278 g/mol. The summed E-state index contributed by atoms with van der Waals surface area (Å²) in [5, 5.41) is 0. The maximum absolute atomic E-state index is 13.6. The summed E-state index contributed by atoms with van der Waals surface area (Å²) in [6.45, 7) is 4.11. The van der Waals surface area contributed by atoms with Crippen molar-refractivity contribution in [3.05, 3.63) is 28.3 Å². The van der Waals surface area contributed by atoms with Gasteiger partial charge in [-0.15, -0.1) is 0 Å². The molecule has 1 saturated carbocycles. The molecular formula is C15H19FN2S. The van der Waals surface area contributed by atoms with E-state index in [-0.39, 0.29) is 5.82 Å². The molecule has 1 aliphatic rings. The van der Waals surface area contributed by atoms with E-state index >= 15 is 0 Å². The topological polar surface area (TPSA) is 20.7 Å². The first-order chi connectivity index (χ1) is 9.06. The zero-order valence-electron chi connectivity index (χ0n) is 11.4. The molecule has 1 aromatic heterocycles. The molecule has 0 amide bonds. The van der Waals surface area contributed by atoms with Crippen molar-refractivity contribution in [2.75, 3.05) is 0 Å². The van der Waals surface area contributed by atoms with Crippen molar-refractivity contribution in [3.63, 3.8) is 0 Å². The fourth-order valence-corrected chi connectivity index (χ4v) is 3.61. The third-order valence-electron chi connectivity index (χ3n) is 4.27. The number of halogens is 1. The number of H-pyrrole nitrogens is 1. The van der Waals surface area contributed by atoms with Crippen LogP contribution in [0.3, 0.4) is 0 Å². The van der Waals surface area contributed by atoms with Gasteiger partial charge in [0.05, 0.1) is 11.0 Å². The van der Waals surface area contributed by atoms with E-state index < -0.39 is 0 Å². The molecule has 1 aromatic carbocycles. The molecule has 1 fully saturated rings. The van der Waals surface area contributed by atoms with Gasteiger partial charge in [-0.25, -0.2) is 4.39 Å². The summed E-state index contributed by atoms with van der Waals surface area (Å²) in [4.78, 5) is 3.15. The van der Waals surface area contributed by atoms with Gasteiger partial charge in [0.1, 0.15) is 5.82 Å². The lowest BCUT2D eigenvalue weighted by Gasteiger charge is -2.28. The van der Waals surface area contributed by atoms with Crippen LogP contribution in [-0.4, -0.2) is 9.55 Å². The van der Waals surface area contributed by atoms with E-state index in [0.717, 1.165) is 28.1 Å². The van der Waals surface area contributed by atoms with Crippen molar-refractivity contribution < 1.29 is 4.39 Å². The molecule has 1 heterocycles. The predicted molar refractivity (Wildman–Crippen MR) is 78.5 cm³/mol. The quantitative estimate of drug-likeness (QED) is 0.736. The van der Waals surface area contributed by atoms with Crippen molar-refractivity contribution in [1.82, 2.24) is 9.55 Å². The van der Waals surface area contributed by atoms with Gasteiger partial charge < -0.3 is 9.55 Å². The number of nitrogens with one attached hydrogen (secondary N) is 1. The number of aromatic amines is 1. The molecule has 0 spiro atoms. The van der Waals surface area contributed by atoms with E-state index in [1.54, 1.807) is 13.0 Å². The largest absolute Gasteiger partial charge is 0.330 e. The number of benzene rings is 1. The highest BCUT2D eigenvalue weighted by Crippen LogP contribution is 2.34. The Morgan fingerprint density at radius 2 is 2.16 bits per heavy atom. The normalized spacial score (nSPS) is 23.9. The predicted octanol–water partition coefficient (Wildman–Crippen LogP) is 4.90. The number of nitrogens with zero attached hydrogens (tertiary/aromatic N) is 1. The number of aryl methyl sites for hydroxylation is 1. The molecule has 2 unspecified atom stereocenters. The molecule has 2 aromatic rings. The van der Waals surface area contributed by atoms with Gasteiger partial charge in [0.25, 0.3) is 0 Å². The van der Waals surface area contributed by atoms with Crippen molar-refractivity contribution in [2.24, 2.45) is 5.92 Å². The van der Waals surface area contributed by atoms with E-state index in [1.165, 1.54) is 19.3 Å². The molecule has 1 N–H and O–H groups in total.